The molecule has 19 heavy (non-hydrogen) atoms. The fourth-order valence-electron chi connectivity index (χ4n) is 1.70. The summed E-state index contributed by atoms with van der Waals surface area (Å²) in [7, 11) is 3.12. The maximum absolute atomic E-state index is 5.89. The second-order valence-corrected chi connectivity index (χ2v) is 3.96. The van der Waals surface area contributed by atoms with Crippen LogP contribution in [0.25, 0.3) is 10.9 Å². The van der Waals surface area contributed by atoms with Gasteiger partial charge < -0.3 is 14.8 Å². The smallest absolute Gasteiger partial charge is 0.224 e. The highest BCUT2D eigenvalue weighted by Crippen LogP contribution is 2.34. The summed E-state index contributed by atoms with van der Waals surface area (Å²) in [4.78, 5) is 8.28. The summed E-state index contributed by atoms with van der Waals surface area (Å²) in [6.07, 6.45) is 5.23. The predicted molar refractivity (Wildman–Crippen MR) is 75.0 cm³/mol. The van der Waals surface area contributed by atoms with Gasteiger partial charge in [0, 0.05) is 11.5 Å². The minimum atomic E-state index is 0.138. The normalized spacial score (nSPS) is 10.0. The van der Waals surface area contributed by atoms with Crippen LogP contribution in [0.2, 0.25) is 5.28 Å². The van der Waals surface area contributed by atoms with Crippen molar-refractivity contribution in [2.45, 2.75) is 0 Å². The zero-order chi connectivity index (χ0) is 13.8. The Kier molecular flexibility index (Phi) is 3.93. The Bertz CT molecular complexity index is 652. The SMILES string of the molecule is C#CCNc1nc(Cl)nc2cc(OC)c(OC)cc12. The van der Waals surface area contributed by atoms with Crippen molar-refractivity contribution >= 4 is 28.3 Å². The Hall–Kier alpha value is -2.19. The Labute approximate surface area is 115 Å². The molecule has 2 aromatic rings. The van der Waals surface area contributed by atoms with Gasteiger partial charge in [-0.05, 0) is 17.7 Å². The van der Waals surface area contributed by atoms with Crippen LogP contribution in [0, 0.1) is 12.3 Å². The van der Waals surface area contributed by atoms with Crippen LogP contribution >= 0.6 is 11.6 Å². The van der Waals surface area contributed by atoms with Gasteiger partial charge in [-0.15, -0.1) is 6.42 Å². The van der Waals surface area contributed by atoms with Crippen molar-refractivity contribution in [3.05, 3.63) is 17.4 Å². The topological polar surface area (TPSA) is 56.3 Å². The van der Waals surface area contributed by atoms with Gasteiger partial charge in [0.05, 0.1) is 26.3 Å². The number of benzene rings is 1. The van der Waals surface area contributed by atoms with Gasteiger partial charge in [-0.25, -0.2) is 9.97 Å². The van der Waals surface area contributed by atoms with Crippen molar-refractivity contribution in [2.24, 2.45) is 0 Å². The number of terminal acetylenes is 1. The van der Waals surface area contributed by atoms with E-state index in [4.69, 9.17) is 27.5 Å². The first-order chi connectivity index (χ1) is 9.19. The van der Waals surface area contributed by atoms with Gasteiger partial charge in [0.2, 0.25) is 5.28 Å². The Morgan fingerprint density at radius 2 is 1.95 bits per heavy atom. The van der Waals surface area contributed by atoms with Crippen LogP contribution in [-0.2, 0) is 0 Å². The van der Waals surface area contributed by atoms with E-state index in [9.17, 15) is 0 Å². The number of hydrogen-bond donors (Lipinski definition) is 1. The molecule has 0 saturated heterocycles. The number of rotatable bonds is 4. The van der Waals surface area contributed by atoms with Crippen molar-refractivity contribution in [2.75, 3.05) is 26.1 Å². The molecular formula is C13H12ClN3O2. The predicted octanol–water partition coefficient (Wildman–Crippen LogP) is 2.35. The van der Waals surface area contributed by atoms with Crippen LogP contribution < -0.4 is 14.8 Å². The van der Waals surface area contributed by atoms with Crippen LogP contribution in [0.3, 0.4) is 0 Å². The highest BCUT2D eigenvalue weighted by atomic mass is 35.5. The van der Waals surface area contributed by atoms with Gasteiger partial charge in [0.25, 0.3) is 0 Å². The first-order valence-corrected chi connectivity index (χ1v) is 5.84. The summed E-state index contributed by atoms with van der Waals surface area (Å²) < 4.78 is 10.5. The van der Waals surface area contributed by atoms with Crippen LogP contribution in [-0.4, -0.2) is 30.7 Å². The van der Waals surface area contributed by atoms with Crippen molar-refractivity contribution in [1.29, 1.82) is 0 Å². The number of aromatic nitrogens is 2. The molecule has 1 N–H and O–H groups in total. The number of nitrogens with zero attached hydrogens (tertiary/aromatic N) is 2. The lowest BCUT2D eigenvalue weighted by Crippen LogP contribution is -2.03. The zero-order valence-corrected chi connectivity index (χ0v) is 11.3. The number of ether oxygens (including phenoxy) is 2. The molecule has 1 aromatic heterocycles. The van der Waals surface area contributed by atoms with E-state index in [1.807, 2.05) is 0 Å². The lowest BCUT2D eigenvalue weighted by molar-refractivity contribution is 0.356. The van der Waals surface area contributed by atoms with E-state index in [2.05, 4.69) is 21.2 Å². The summed E-state index contributed by atoms with van der Waals surface area (Å²) in [5.41, 5.74) is 0.650. The second kappa shape index (κ2) is 5.63. The van der Waals surface area contributed by atoms with Gasteiger partial charge in [-0.2, -0.15) is 0 Å². The summed E-state index contributed by atoms with van der Waals surface area (Å²) in [5.74, 6) is 4.21. The molecule has 0 saturated carbocycles. The molecule has 0 amide bonds. The van der Waals surface area contributed by atoms with Gasteiger partial charge in [-0.1, -0.05) is 5.92 Å². The Morgan fingerprint density at radius 1 is 1.26 bits per heavy atom. The van der Waals surface area contributed by atoms with E-state index in [1.165, 1.54) is 0 Å². The molecule has 98 valence electrons. The molecule has 1 heterocycles. The minimum Gasteiger partial charge on any atom is -0.493 e. The quantitative estimate of drug-likeness (QED) is 0.687. The van der Waals surface area contributed by atoms with E-state index < -0.39 is 0 Å². The molecule has 0 atom stereocenters. The van der Waals surface area contributed by atoms with E-state index in [0.29, 0.717) is 29.4 Å². The van der Waals surface area contributed by atoms with E-state index in [1.54, 1.807) is 26.4 Å². The average molecular weight is 278 g/mol. The van der Waals surface area contributed by atoms with Crippen molar-refractivity contribution in [1.82, 2.24) is 9.97 Å². The molecule has 6 heteroatoms. The molecule has 0 aliphatic heterocycles. The largest absolute Gasteiger partial charge is 0.493 e. The molecule has 0 fully saturated rings. The minimum absolute atomic E-state index is 0.138. The molecule has 0 unspecified atom stereocenters. The summed E-state index contributed by atoms with van der Waals surface area (Å²) in [6.45, 7) is 0.344. The van der Waals surface area contributed by atoms with Crippen LogP contribution in [0.5, 0.6) is 11.5 Å². The summed E-state index contributed by atoms with van der Waals surface area (Å²) >= 11 is 5.89. The van der Waals surface area contributed by atoms with Crippen molar-refractivity contribution < 1.29 is 9.47 Å². The fourth-order valence-corrected chi connectivity index (χ4v) is 1.87. The standard InChI is InChI=1S/C13H12ClN3O2/c1-4-5-15-12-8-6-10(18-2)11(19-3)7-9(8)16-13(14)17-12/h1,6-7H,5H2,2-3H3,(H,15,16,17). The lowest BCUT2D eigenvalue weighted by Gasteiger charge is -2.11. The average Bonchev–Trinajstić information content (AvgIpc) is 2.43. The van der Waals surface area contributed by atoms with E-state index in [-0.39, 0.29) is 5.28 Å². The first-order valence-electron chi connectivity index (χ1n) is 5.46. The lowest BCUT2D eigenvalue weighted by atomic mass is 10.2. The summed E-state index contributed by atoms with van der Waals surface area (Å²) in [5, 5.41) is 3.90. The number of anilines is 1. The Morgan fingerprint density at radius 3 is 2.58 bits per heavy atom. The molecule has 0 bridgehead atoms. The highest BCUT2D eigenvalue weighted by molar-refractivity contribution is 6.28. The molecule has 0 radical (unpaired) electrons. The van der Waals surface area contributed by atoms with Crippen molar-refractivity contribution in [3.63, 3.8) is 0 Å². The number of fused-ring (bicyclic) bond motifs is 1. The van der Waals surface area contributed by atoms with Gasteiger partial charge in [0.15, 0.2) is 11.5 Å². The molecule has 2 rings (SSSR count). The van der Waals surface area contributed by atoms with E-state index in [0.717, 1.165) is 5.39 Å². The third-order valence-corrected chi connectivity index (χ3v) is 2.70. The van der Waals surface area contributed by atoms with Crippen LogP contribution in [0.1, 0.15) is 0 Å². The highest BCUT2D eigenvalue weighted by Gasteiger charge is 2.12. The molecule has 1 aromatic carbocycles. The molecule has 0 aliphatic carbocycles. The zero-order valence-electron chi connectivity index (χ0n) is 10.5. The molecule has 5 nitrogen and oxygen atoms in total. The maximum atomic E-state index is 5.89. The molecule has 0 aliphatic rings. The van der Waals surface area contributed by atoms with Gasteiger partial charge in [-0.3, -0.25) is 0 Å². The van der Waals surface area contributed by atoms with Crippen LogP contribution in [0.15, 0.2) is 12.1 Å². The van der Waals surface area contributed by atoms with Crippen molar-refractivity contribution in [3.8, 4) is 23.8 Å². The number of methoxy groups -OCH3 is 2. The summed E-state index contributed by atoms with van der Waals surface area (Å²) in [6, 6.07) is 3.52. The van der Waals surface area contributed by atoms with Gasteiger partial charge in [0.1, 0.15) is 5.82 Å². The third-order valence-electron chi connectivity index (χ3n) is 2.53. The number of halogens is 1. The number of nitrogens with one attached hydrogen (secondary N) is 1. The number of hydrogen-bond acceptors (Lipinski definition) is 5. The van der Waals surface area contributed by atoms with E-state index >= 15 is 0 Å². The first kappa shape index (κ1) is 13.2. The third kappa shape index (κ3) is 2.64. The second-order valence-electron chi connectivity index (χ2n) is 3.62. The molecule has 0 spiro atoms. The maximum Gasteiger partial charge on any atom is 0.224 e. The Balaban J connectivity index is 2.65. The van der Waals surface area contributed by atoms with Crippen LogP contribution in [0.4, 0.5) is 5.82 Å². The fraction of sp³-hybridized carbons (Fsp3) is 0.231. The van der Waals surface area contributed by atoms with Gasteiger partial charge >= 0.3 is 0 Å². The monoisotopic (exact) mass is 277 g/mol. The molecular weight excluding hydrogens is 266 g/mol.